The van der Waals surface area contributed by atoms with Crippen LogP contribution in [0.3, 0.4) is 0 Å². The molecule has 1 saturated heterocycles. The monoisotopic (exact) mass is 388 g/mol. The SMILES string of the molecule is COc1ccccc1NC(=O)C1CCN(C(=O)c2cccc3ccccc23)CC1. The molecule has 29 heavy (non-hydrogen) atoms. The van der Waals surface area contributed by atoms with Crippen LogP contribution in [-0.4, -0.2) is 36.9 Å². The van der Waals surface area contributed by atoms with Crippen LogP contribution in [-0.2, 0) is 4.79 Å². The summed E-state index contributed by atoms with van der Waals surface area (Å²) in [6.45, 7) is 1.15. The summed E-state index contributed by atoms with van der Waals surface area (Å²) in [6, 6.07) is 21.1. The lowest BCUT2D eigenvalue weighted by Gasteiger charge is -2.31. The number of methoxy groups -OCH3 is 1. The van der Waals surface area contributed by atoms with E-state index in [9.17, 15) is 9.59 Å². The first-order valence-electron chi connectivity index (χ1n) is 9.88. The van der Waals surface area contributed by atoms with Crippen LogP contribution in [0.4, 0.5) is 5.69 Å². The van der Waals surface area contributed by atoms with Gasteiger partial charge < -0.3 is 15.0 Å². The van der Waals surface area contributed by atoms with E-state index in [0.717, 1.165) is 16.3 Å². The molecule has 1 aliphatic heterocycles. The molecule has 1 fully saturated rings. The minimum atomic E-state index is -0.114. The maximum absolute atomic E-state index is 13.1. The predicted octanol–water partition coefficient (Wildman–Crippen LogP) is 4.34. The first-order chi connectivity index (χ1) is 14.2. The molecule has 3 aromatic carbocycles. The average Bonchev–Trinajstić information content (AvgIpc) is 2.78. The molecule has 5 heteroatoms. The number of hydrogen-bond acceptors (Lipinski definition) is 3. The molecular weight excluding hydrogens is 364 g/mol. The maximum atomic E-state index is 13.1. The Balaban J connectivity index is 1.41. The second-order valence-corrected chi connectivity index (χ2v) is 7.28. The van der Waals surface area contributed by atoms with Gasteiger partial charge >= 0.3 is 0 Å². The minimum Gasteiger partial charge on any atom is -0.495 e. The number of amides is 2. The van der Waals surface area contributed by atoms with Crippen LogP contribution in [0.15, 0.2) is 66.7 Å². The van der Waals surface area contributed by atoms with Gasteiger partial charge in [-0.15, -0.1) is 0 Å². The van der Waals surface area contributed by atoms with Crippen molar-refractivity contribution in [2.45, 2.75) is 12.8 Å². The summed E-state index contributed by atoms with van der Waals surface area (Å²) in [7, 11) is 1.59. The summed E-state index contributed by atoms with van der Waals surface area (Å²) in [5, 5.41) is 4.99. The largest absolute Gasteiger partial charge is 0.495 e. The lowest BCUT2D eigenvalue weighted by Crippen LogP contribution is -2.41. The number of nitrogens with one attached hydrogen (secondary N) is 1. The summed E-state index contributed by atoms with van der Waals surface area (Å²) in [6.07, 6.45) is 1.30. The summed E-state index contributed by atoms with van der Waals surface area (Å²) >= 11 is 0. The van der Waals surface area contributed by atoms with E-state index in [2.05, 4.69) is 5.32 Å². The molecule has 0 aromatic heterocycles. The van der Waals surface area contributed by atoms with Crippen LogP contribution < -0.4 is 10.1 Å². The van der Waals surface area contributed by atoms with E-state index in [1.807, 2.05) is 71.6 Å². The molecule has 4 rings (SSSR count). The Morgan fingerprint density at radius 2 is 1.62 bits per heavy atom. The number of hydrogen-bond donors (Lipinski definition) is 1. The molecule has 0 radical (unpaired) electrons. The summed E-state index contributed by atoms with van der Waals surface area (Å²) < 4.78 is 5.30. The molecule has 1 N–H and O–H groups in total. The van der Waals surface area contributed by atoms with Gasteiger partial charge in [0.15, 0.2) is 0 Å². The number of anilines is 1. The zero-order valence-electron chi connectivity index (χ0n) is 16.4. The standard InChI is InChI=1S/C24H24N2O3/c1-29-22-12-5-4-11-21(22)25-23(27)18-13-15-26(16-14-18)24(28)20-10-6-8-17-7-2-3-9-19(17)20/h2-12,18H,13-16H2,1H3,(H,25,27). The number of benzene rings is 3. The Morgan fingerprint density at radius 3 is 2.41 bits per heavy atom. The van der Waals surface area contributed by atoms with Crippen molar-refractivity contribution >= 4 is 28.3 Å². The molecule has 3 aromatic rings. The van der Waals surface area contributed by atoms with Crippen LogP contribution in [0.25, 0.3) is 10.8 Å². The van der Waals surface area contributed by atoms with Gasteiger partial charge in [-0.2, -0.15) is 0 Å². The molecular formula is C24H24N2O3. The second-order valence-electron chi connectivity index (χ2n) is 7.28. The first kappa shape index (κ1) is 19.0. The second kappa shape index (κ2) is 8.35. The van der Waals surface area contributed by atoms with E-state index in [-0.39, 0.29) is 17.7 Å². The van der Waals surface area contributed by atoms with Crippen molar-refractivity contribution in [3.8, 4) is 5.75 Å². The van der Waals surface area contributed by atoms with Crippen molar-refractivity contribution in [2.75, 3.05) is 25.5 Å². The number of likely N-dealkylation sites (tertiary alicyclic amines) is 1. The van der Waals surface area contributed by atoms with Gasteiger partial charge in [-0.25, -0.2) is 0 Å². The minimum absolute atomic E-state index is 0.0215. The Bertz CT molecular complexity index is 1030. The van der Waals surface area contributed by atoms with Crippen molar-refractivity contribution in [1.29, 1.82) is 0 Å². The number of fused-ring (bicyclic) bond motifs is 1. The van der Waals surface area contributed by atoms with Crippen LogP contribution >= 0.6 is 0 Å². The third-order valence-corrected chi connectivity index (χ3v) is 5.54. The van der Waals surface area contributed by atoms with Gasteiger partial charge in [0.1, 0.15) is 5.75 Å². The predicted molar refractivity (Wildman–Crippen MR) is 114 cm³/mol. The molecule has 0 bridgehead atoms. The molecule has 0 unspecified atom stereocenters. The lowest BCUT2D eigenvalue weighted by molar-refractivity contribution is -0.121. The van der Waals surface area contributed by atoms with Crippen molar-refractivity contribution < 1.29 is 14.3 Å². The summed E-state index contributed by atoms with van der Waals surface area (Å²) in [5.41, 5.74) is 1.40. The van der Waals surface area contributed by atoms with E-state index in [1.165, 1.54) is 0 Å². The Morgan fingerprint density at radius 1 is 0.931 bits per heavy atom. The Labute approximate surface area is 170 Å². The molecule has 0 spiro atoms. The van der Waals surface area contributed by atoms with Crippen molar-refractivity contribution in [2.24, 2.45) is 5.92 Å². The van der Waals surface area contributed by atoms with E-state index in [0.29, 0.717) is 37.4 Å². The summed E-state index contributed by atoms with van der Waals surface area (Å²) in [4.78, 5) is 27.6. The molecule has 1 aliphatic rings. The zero-order chi connectivity index (χ0) is 20.2. The van der Waals surface area contributed by atoms with Crippen molar-refractivity contribution in [1.82, 2.24) is 4.90 Å². The van der Waals surface area contributed by atoms with Crippen molar-refractivity contribution in [3.05, 3.63) is 72.3 Å². The molecule has 1 heterocycles. The summed E-state index contributed by atoms with van der Waals surface area (Å²) in [5.74, 6) is 0.540. The molecule has 0 atom stereocenters. The fourth-order valence-corrected chi connectivity index (χ4v) is 3.91. The number of ether oxygens (including phenoxy) is 1. The van der Waals surface area contributed by atoms with Crippen LogP contribution in [0.2, 0.25) is 0 Å². The number of nitrogens with zero attached hydrogens (tertiary/aromatic N) is 1. The number of para-hydroxylation sites is 2. The molecule has 148 valence electrons. The van der Waals surface area contributed by atoms with Crippen LogP contribution in [0, 0.1) is 5.92 Å². The number of piperidine rings is 1. The highest BCUT2D eigenvalue weighted by atomic mass is 16.5. The fraction of sp³-hybridized carbons (Fsp3) is 0.250. The smallest absolute Gasteiger partial charge is 0.254 e. The zero-order valence-corrected chi connectivity index (χ0v) is 16.4. The average molecular weight is 388 g/mol. The number of carbonyl (C=O) groups excluding carboxylic acids is 2. The van der Waals surface area contributed by atoms with Gasteiger partial charge in [-0.05, 0) is 41.8 Å². The van der Waals surface area contributed by atoms with E-state index in [1.54, 1.807) is 7.11 Å². The van der Waals surface area contributed by atoms with Gasteiger partial charge in [-0.3, -0.25) is 9.59 Å². The lowest BCUT2D eigenvalue weighted by atomic mass is 9.94. The normalized spacial score (nSPS) is 14.6. The molecule has 0 saturated carbocycles. The highest BCUT2D eigenvalue weighted by Crippen LogP contribution is 2.27. The van der Waals surface area contributed by atoms with Crippen LogP contribution in [0.1, 0.15) is 23.2 Å². The third-order valence-electron chi connectivity index (χ3n) is 5.54. The molecule has 2 amide bonds. The van der Waals surface area contributed by atoms with E-state index >= 15 is 0 Å². The van der Waals surface area contributed by atoms with Gasteiger partial charge in [0, 0.05) is 24.6 Å². The van der Waals surface area contributed by atoms with Gasteiger partial charge in [0.2, 0.25) is 5.91 Å². The van der Waals surface area contributed by atoms with E-state index < -0.39 is 0 Å². The topological polar surface area (TPSA) is 58.6 Å². The Kier molecular flexibility index (Phi) is 5.47. The maximum Gasteiger partial charge on any atom is 0.254 e. The molecule has 5 nitrogen and oxygen atoms in total. The van der Waals surface area contributed by atoms with Crippen molar-refractivity contribution in [3.63, 3.8) is 0 Å². The fourth-order valence-electron chi connectivity index (χ4n) is 3.91. The van der Waals surface area contributed by atoms with Gasteiger partial charge in [0.05, 0.1) is 12.8 Å². The quantitative estimate of drug-likeness (QED) is 0.723. The molecule has 0 aliphatic carbocycles. The number of rotatable bonds is 4. The Hall–Kier alpha value is -3.34. The van der Waals surface area contributed by atoms with Gasteiger partial charge in [-0.1, -0.05) is 48.5 Å². The van der Waals surface area contributed by atoms with Crippen LogP contribution in [0.5, 0.6) is 5.75 Å². The first-order valence-corrected chi connectivity index (χ1v) is 9.88. The number of carbonyl (C=O) groups is 2. The van der Waals surface area contributed by atoms with Gasteiger partial charge in [0.25, 0.3) is 5.91 Å². The third kappa shape index (κ3) is 3.94. The van der Waals surface area contributed by atoms with E-state index in [4.69, 9.17) is 4.74 Å². The highest BCUT2D eigenvalue weighted by molar-refractivity contribution is 6.07. The highest BCUT2D eigenvalue weighted by Gasteiger charge is 2.28.